The maximum absolute atomic E-state index is 9.68. The topological polar surface area (TPSA) is 63.6 Å². The molecule has 56 valence electrons. The standard InChI is InChI=1S/C3H6O4S.H3P/c1-2-3-7-8(4,5)6;/h2H,1,3H2,(H,4,5,6);1H3. The van der Waals surface area contributed by atoms with E-state index in [0.717, 1.165) is 0 Å². The molecule has 0 aliphatic heterocycles. The first kappa shape index (κ1) is 11.8. The number of hydrogen-bond acceptors (Lipinski definition) is 3. The van der Waals surface area contributed by atoms with Crippen molar-refractivity contribution in [3.05, 3.63) is 12.7 Å². The van der Waals surface area contributed by atoms with Gasteiger partial charge in [0.25, 0.3) is 0 Å². The van der Waals surface area contributed by atoms with Crippen LogP contribution in [0.25, 0.3) is 0 Å². The van der Waals surface area contributed by atoms with Gasteiger partial charge in [-0.3, -0.25) is 4.55 Å². The minimum atomic E-state index is -4.26. The Hall–Kier alpha value is 0.0400. The summed E-state index contributed by atoms with van der Waals surface area (Å²) in [6.45, 7) is 2.97. The zero-order chi connectivity index (χ0) is 6.62. The zero-order valence-electron chi connectivity index (χ0n) is 4.78. The lowest BCUT2D eigenvalue weighted by molar-refractivity contribution is 0.296. The van der Waals surface area contributed by atoms with Crippen LogP contribution in [0.4, 0.5) is 0 Å². The average molecular weight is 172 g/mol. The highest BCUT2D eigenvalue weighted by molar-refractivity contribution is 7.80. The van der Waals surface area contributed by atoms with E-state index < -0.39 is 10.4 Å². The molecule has 0 heterocycles. The molecule has 0 amide bonds. The van der Waals surface area contributed by atoms with E-state index >= 15 is 0 Å². The summed E-state index contributed by atoms with van der Waals surface area (Å²) < 4.78 is 31.0. The van der Waals surface area contributed by atoms with Crippen LogP contribution in [0.1, 0.15) is 0 Å². The molecule has 0 aliphatic rings. The highest BCUT2D eigenvalue weighted by Crippen LogP contribution is 1.83. The molecular formula is C3H9O4PS. The Morgan fingerprint density at radius 3 is 2.22 bits per heavy atom. The van der Waals surface area contributed by atoms with E-state index in [1.165, 1.54) is 6.08 Å². The van der Waals surface area contributed by atoms with E-state index in [0.29, 0.717) is 0 Å². The Morgan fingerprint density at radius 1 is 1.67 bits per heavy atom. The highest BCUT2D eigenvalue weighted by Gasteiger charge is 1.99. The van der Waals surface area contributed by atoms with Gasteiger partial charge in [0.1, 0.15) is 0 Å². The fourth-order valence-corrected chi connectivity index (χ4v) is 0.402. The molecule has 0 aliphatic carbocycles. The second-order valence-corrected chi connectivity index (χ2v) is 2.09. The molecule has 0 bridgehead atoms. The summed E-state index contributed by atoms with van der Waals surface area (Å²) in [4.78, 5) is 0. The molecule has 0 aromatic carbocycles. The van der Waals surface area contributed by atoms with Crippen molar-refractivity contribution >= 4 is 20.3 Å². The molecule has 0 aromatic rings. The van der Waals surface area contributed by atoms with Crippen LogP contribution in [-0.4, -0.2) is 19.6 Å². The van der Waals surface area contributed by atoms with Gasteiger partial charge >= 0.3 is 10.4 Å². The van der Waals surface area contributed by atoms with Gasteiger partial charge in [-0.2, -0.15) is 18.3 Å². The molecule has 6 heteroatoms. The van der Waals surface area contributed by atoms with Gasteiger partial charge in [0.05, 0.1) is 6.61 Å². The fourth-order valence-electron chi connectivity index (χ4n) is 0.134. The van der Waals surface area contributed by atoms with Crippen LogP contribution in [0, 0.1) is 0 Å². The van der Waals surface area contributed by atoms with E-state index in [4.69, 9.17) is 4.55 Å². The first-order valence-electron chi connectivity index (χ1n) is 1.79. The molecule has 1 N–H and O–H groups in total. The summed E-state index contributed by atoms with van der Waals surface area (Å²) in [5, 5.41) is 0. The second-order valence-electron chi connectivity index (χ2n) is 1.00. The van der Waals surface area contributed by atoms with E-state index in [1.54, 1.807) is 0 Å². The third-order valence-corrected chi connectivity index (χ3v) is 0.769. The van der Waals surface area contributed by atoms with E-state index in [-0.39, 0.29) is 16.5 Å². The maximum atomic E-state index is 9.68. The Kier molecular flexibility index (Phi) is 6.39. The number of hydrogen-bond donors (Lipinski definition) is 1. The van der Waals surface area contributed by atoms with Crippen molar-refractivity contribution in [1.29, 1.82) is 0 Å². The van der Waals surface area contributed by atoms with Crippen molar-refractivity contribution in [3.8, 4) is 0 Å². The van der Waals surface area contributed by atoms with Crippen molar-refractivity contribution in [3.63, 3.8) is 0 Å². The van der Waals surface area contributed by atoms with Gasteiger partial charge in [0.15, 0.2) is 0 Å². The summed E-state index contributed by atoms with van der Waals surface area (Å²) in [7, 11) is -4.26. The second kappa shape index (κ2) is 4.88. The van der Waals surface area contributed by atoms with Gasteiger partial charge in [-0.15, -0.1) is 6.58 Å². The van der Waals surface area contributed by atoms with Crippen molar-refractivity contribution in [1.82, 2.24) is 0 Å². The molecule has 0 fully saturated rings. The van der Waals surface area contributed by atoms with E-state index in [1.807, 2.05) is 0 Å². The molecule has 0 radical (unpaired) electrons. The molecule has 0 rings (SSSR count). The third-order valence-electron chi connectivity index (χ3n) is 0.335. The smallest absolute Gasteiger partial charge is 0.264 e. The van der Waals surface area contributed by atoms with Gasteiger partial charge in [-0.25, -0.2) is 4.18 Å². The van der Waals surface area contributed by atoms with Crippen LogP contribution in [0.15, 0.2) is 12.7 Å². The summed E-state index contributed by atoms with van der Waals surface area (Å²) >= 11 is 0. The molecule has 0 aromatic heterocycles. The lowest BCUT2D eigenvalue weighted by Crippen LogP contribution is -2.02. The molecule has 0 saturated carbocycles. The van der Waals surface area contributed by atoms with Crippen LogP contribution in [0.5, 0.6) is 0 Å². The Balaban J connectivity index is 0. The SMILES string of the molecule is C=CCOS(=O)(=O)O.P. The zero-order valence-corrected chi connectivity index (χ0v) is 7.01. The van der Waals surface area contributed by atoms with Gasteiger partial charge in [-0.1, -0.05) is 6.08 Å². The summed E-state index contributed by atoms with van der Waals surface area (Å²) in [5.41, 5.74) is 0. The molecule has 0 saturated heterocycles. The summed E-state index contributed by atoms with van der Waals surface area (Å²) in [6, 6.07) is 0. The largest absolute Gasteiger partial charge is 0.397 e. The first-order chi connectivity index (χ1) is 3.56. The highest BCUT2D eigenvalue weighted by atomic mass is 32.3. The van der Waals surface area contributed by atoms with Gasteiger partial charge in [0.2, 0.25) is 0 Å². The van der Waals surface area contributed by atoms with Gasteiger partial charge in [-0.05, 0) is 0 Å². The van der Waals surface area contributed by atoms with Crippen LogP contribution >= 0.6 is 9.90 Å². The van der Waals surface area contributed by atoms with Gasteiger partial charge in [0, 0.05) is 0 Å². The lowest BCUT2D eigenvalue weighted by Gasteiger charge is -1.90. The Bertz CT molecular complexity index is 161. The molecule has 0 spiro atoms. The fraction of sp³-hybridized carbons (Fsp3) is 0.333. The summed E-state index contributed by atoms with van der Waals surface area (Å²) in [5.74, 6) is 0. The normalized spacial score (nSPS) is 9.89. The lowest BCUT2D eigenvalue weighted by atomic mass is 10.7. The van der Waals surface area contributed by atoms with Crippen molar-refractivity contribution in [2.75, 3.05) is 6.61 Å². The number of rotatable bonds is 3. The monoisotopic (exact) mass is 172 g/mol. The Labute approximate surface area is 57.5 Å². The van der Waals surface area contributed by atoms with Crippen LogP contribution < -0.4 is 0 Å². The predicted molar refractivity (Wildman–Crippen MR) is 38.8 cm³/mol. The molecule has 1 atom stereocenters. The quantitative estimate of drug-likeness (QED) is 0.371. The van der Waals surface area contributed by atoms with Gasteiger partial charge < -0.3 is 0 Å². The molecular weight excluding hydrogens is 163 g/mol. The van der Waals surface area contributed by atoms with Crippen molar-refractivity contribution < 1.29 is 17.2 Å². The predicted octanol–water partition coefficient (Wildman–Crippen LogP) is 0.0499. The van der Waals surface area contributed by atoms with Crippen LogP contribution in [-0.2, 0) is 14.6 Å². The first-order valence-corrected chi connectivity index (χ1v) is 3.15. The van der Waals surface area contributed by atoms with E-state index in [9.17, 15) is 8.42 Å². The summed E-state index contributed by atoms with van der Waals surface area (Å²) in [6.07, 6.45) is 1.22. The van der Waals surface area contributed by atoms with Crippen LogP contribution in [0.3, 0.4) is 0 Å². The maximum Gasteiger partial charge on any atom is 0.397 e. The minimum absolute atomic E-state index is 0. The average Bonchev–Trinajstić information content (AvgIpc) is 1.59. The van der Waals surface area contributed by atoms with Crippen LogP contribution in [0.2, 0.25) is 0 Å². The minimum Gasteiger partial charge on any atom is -0.264 e. The molecule has 1 unspecified atom stereocenters. The Morgan fingerprint density at radius 2 is 2.11 bits per heavy atom. The van der Waals surface area contributed by atoms with E-state index in [2.05, 4.69) is 10.8 Å². The third kappa shape index (κ3) is 11.5. The van der Waals surface area contributed by atoms with Crippen molar-refractivity contribution in [2.45, 2.75) is 0 Å². The molecule has 9 heavy (non-hydrogen) atoms. The molecule has 4 nitrogen and oxygen atoms in total. The van der Waals surface area contributed by atoms with Crippen molar-refractivity contribution in [2.24, 2.45) is 0 Å².